The summed E-state index contributed by atoms with van der Waals surface area (Å²) in [6.45, 7) is 6.85. The van der Waals surface area contributed by atoms with E-state index in [0.29, 0.717) is 24.4 Å². The maximum absolute atomic E-state index is 12.9. The molecule has 152 valence electrons. The molecule has 0 bridgehead atoms. The first-order valence-electron chi connectivity index (χ1n) is 9.69. The van der Waals surface area contributed by atoms with Gasteiger partial charge in [-0.25, -0.2) is 0 Å². The highest BCUT2D eigenvalue weighted by atomic mass is 16.3. The van der Waals surface area contributed by atoms with Crippen molar-refractivity contribution >= 4 is 17.8 Å². The minimum Gasteiger partial charge on any atom is -0.503 e. The summed E-state index contributed by atoms with van der Waals surface area (Å²) in [5, 5.41) is 10.5. The van der Waals surface area contributed by atoms with Crippen LogP contribution in [0.1, 0.15) is 31.2 Å². The standard InChI is InChI=1S/C22H25N3O4/c1-3-24(4-2)12-13-25-20(16-7-5-11-23-15-16)19(21(27)22(25)28)18(26)10-9-17-8-6-14-29-17/h5-11,14-15,20,27H,3-4,12-13H2,1-2H3/b10-9+/t20-/m1/s1. The van der Waals surface area contributed by atoms with Crippen LogP contribution in [0.5, 0.6) is 0 Å². The van der Waals surface area contributed by atoms with Crippen molar-refractivity contribution in [3.8, 4) is 0 Å². The first-order chi connectivity index (χ1) is 14.1. The molecule has 29 heavy (non-hydrogen) atoms. The van der Waals surface area contributed by atoms with Crippen molar-refractivity contribution < 1.29 is 19.1 Å². The number of aromatic nitrogens is 1. The molecule has 0 unspecified atom stereocenters. The van der Waals surface area contributed by atoms with E-state index in [1.165, 1.54) is 18.4 Å². The van der Waals surface area contributed by atoms with Crippen LogP contribution in [0.2, 0.25) is 0 Å². The smallest absolute Gasteiger partial charge is 0.290 e. The van der Waals surface area contributed by atoms with Gasteiger partial charge in [0.15, 0.2) is 11.5 Å². The van der Waals surface area contributed by atoms with Crippen molar-refractivity contribution in [2.24, 2.45) is 0 Å². The number of furan rings is 1. The van der Waals surface area contributed by atoms with E-state index < -0.39 is 23.5 Å². The molecule has 1 aliphatic rings. The van der Waals surface area contributed by atoms with Gasteiger partial charge in [-0.3, -0.25) is 14.6 Å². The minimum absolute atomic E-state index is 0.0605. The lowest BCUT2D eigenvalue weighted by Gasteiger charge is -2.29. The van der Waals surface area contributed by atoms with Gasteiger partial charge >= 0.3 is 0 Å². The number of amides is 1. The fraction of sp³-hybridized carbons (Fsp3) is 0.318. The predicted octanol–water partition coefficient (Wildman–Crippen LogP) is 2.99. The second kappa shape index (κ2) is 9.34. The van der Waals surface area contributed by atoms with E-state index in [4.69, 9.17) is 4.42 Å². The van der Waals surface area contributed by atoms with Crippen LogP contribution in [-0.4, -0.2) is 57.8 Å². The number of nitrogens with zero attached hydrogens (tertiary/aromatic N) is 3. The summed E-state index contributed by atoms with van der Waals surface area (Å²) in [6, 6.07) is 6.30. The molecule has 2 aromatic heterocycles. The fourth-order valence-electron chi connectivity index (χ4n) is 3.44. The van der Waals surface area contributed by atoms with Crippen LogP contribution < -0.4 is 0 Å². The number of carbonyl (C=O) groups excluding carboxylic acids is 2. The zero-order valence-electron chi connectivity index (χ0n) is 16.6. The molecule has 1 amide bonds. The number of rotatable bonds is 9. The Morgan fingerprint density at radius 3 is 2.72 bits per heavy atom. The van der Waals surface area contributed by atoms with Gasteiger partial charge in [-0.1, -0.05) is 19.9 Å². The molecule has 0 radical (unpaired) electrons. The lowest BCUT2D eigenvalue weighted by molar-refractivity contribution is -0.129. The van der Waals surface area contributed by atoms with E-state index in [2.05, 4.69) is 23.7 Å². The molecule has 7 nitrogen and oxygen atoms in total. The lowest BCUT2D eigenvalue weighted by Crippen LogP contribution is -2.38. The molecule has 1 aliphatic heterocycles. The van der Waals surface area contributed by atoms with E-state index in [0.717, 1.165) is 13.1 Å². The molecule has 2 aromatic rings. The third-order valence-electron chi connectivity index (χ3n) is 5.06. The number of aliphatic hydroxyl groups is 1. The van der Waals surface area contributed by atoms with Crippen LogP contribution in [0.4, 0.5) is 0 Å². The van der Waals surface area contributed by atoms with Gasteiger partial charge in [0.25, 0.3) is 5.91 Å². The van der Waals surface area contributed by atoms with Gasteiger partial charge in [0.2, 0.25) is 0 Å². The van der Waals surface area contributed by atoms with Crippen molar-refractivity contribution in [2.75, 3.05) is 26.2 Å². The minimum atomic E-state index is -0.680. The highest BCUT2D eigenvalue weighted by Crippen LogP contribution is 2.37. The number of ketones is 1. The Morgan fingerprint density at radius 1 is 1.31 bits per heavy atom. The summed E-state index contributed by atoms with van der Waals surface area (Å²) in [6.07, 6.45) is 7.58. The molecule has 1 atom stereocenters. The number of hydrogen-bond donors (Lipinski definition) is 1. The first-order valence-corrected chi connectivity index (χ1v) is 9.69. The predicted molar refractivity (Wildman–Crippen MR) is 109 cm³/mol. The Balaban J connectivity index is 1.92. The maximum atomic E-state index is 12.9. The van der Waals surface area contributed by atoms with Gasteiger partial charge in [-0.05, 0) is 49.0 Å². The number of hydrogen-bond acceptors (Lipinski definition) is 6. The summed E-state index contributed by atoms with van der Waals surface area (Å²) in [5.41, 5.74) is 0.740. The topological polar surface area (TPSA) is 86.9 Å². The molecular weight excluding hydrogens is 370 g/mol. The van der Waals surface area contributed by atoms with Gasteiger partial charge in [0.1, 0.15) is 5.76 Å². The van der Waals surface area contributed by atoms with Gasteiger partial charge in [0.05, 0.1) is 17.9 Å². The third kappa shape index (κ3) is 4.46. The Morgan fingerprint density at radius 2 is 2.10 bits per heavy atom. The van der Waals surface area contributed by atoms with Crippen LogP contribution in [0, 0.1) is 0 Å². The van der Waals surface area contributed by atoms with E-state index in [1.54, 1.807) is 41.6 Å². The number of pyridine rings is 1. The van der Waals surface area contributed by atoms with Gasteiger partial charge < -0.3 is 19.3 Å². The molecular formula is C22H25N3O4. The zero-order chi connectivity index (χ0) is 20.8. The van der Waals surface area contributed by atoms with Crippen molar-refractivity contribution in [3.63, 3.8) is 0 Å². The van der Waals surface area contributed by atoms with E-state index >= 15 is 0 Å². The van der Waals surface area contributed by atoms with Crippen LogP contribution in [0.15, 0.2) is 64.7 Å². The quantitative estimate of drug-likeness (QED) is 0.657. The van der Waals surface area contributed by atoms with Crippen molar-refractivity contribution in [3.05, 3.63) is 71.7 Å². The highest BCUT2D eigenvalue weighted by Gasteiger charge is 2.42. The van der Waals surface area contributed by atoms with Crippen molar-refractivity contribution in [1.29, 1.82) is 0 Å². The number of likely N-dealkylation sites (N-methyl/N-ethyl adjacent to an activating group) is 1. The first kappa shape index (κ1) is 20.5. The summed E-state index contributed by atoms with van der Waals surface area (Å²) in [7, 11) is 0. The van der Waals surface area contributed by atoms with E-state index in [-0.39, 0.29) is 5.57 Å². The highest BCUT2D eigenvalue weighted by molar-refractivity contribution is 6.14. The van der Waals surface area contributed by atoms with Crippen LogP contribution in [0.3, 0.4) is 0 Å². The van der Waals surface area contributed by atoms with Gasteiger partial charge in [-0.15, -0.1) is 0 Å². The summed E-state index contributed by atoms with van der Waals surface area (Å²) in [4.78, 5) is 33.6. The maximum Gasteiger partial charge on any atom is 0.290 e. The fourth-order valence-corrected chi connectivity index (χ4v) is 3.44. The molecule has 7 heteroatoms. The van der Waals surface area contributed by atoms with Crippen LogP contribution in [0.25, 0.3) is 6.08 Å². The number of aliphatic hydroxyl groups excluding tert-OH is 1. The summed E-state index contributed by atoms with van der Waals surface area (Å²) >= 11 is 0. The molecule has 1 N–H and O–H groups in total. The monoisotopic (exact) mass is 395 g/mol. The van der Waals surface area contributed by atoms with Crippen molar-refractivity contribution in [2.45, 2.75) is 19.9 Å². The summed E-state index contributed by atoms with van der Waals surface area (Å²) < 4.78 is 5.21. The Bertz CT molecular complexity index is 899. The average Bonchev–Trinajstić information content (AvgIpc) is 3.35. The Labute approximate surface area is 169 Å². The number of allylic oxidation sites excluding steroid dienone is 1. The zero-order valence-corrected chi connectivity index (χ0v) is 16.6. The SMILES string of the molecule is CCN(CC)CCN1C(=O)C(O)=C(C(=O)/C=C/c2ccco2)[C@H]1c1cccnc1. The second-order valence-corrected chi connectivity index (χ2v) is 6.69. The normalized spacial score (nSPS) is 17.1. The van der Waals surface area contributed by atoms with E-state index in [9.17, 15) is 14.7 Å². The largest absolute Gasteiger partial charge is 0.503 e. The molecule has 0 fully saturated rings. The Hall–Kier alpha value is -3.19. The van der Waals surface area contributed by atoms with E-state index in [1.807, 2.05) is 0 Å². The lowest BCUT2D eigenvalue weighted by atomic mass is 9.97. The van der Waals surface area contributed by atoms with Crippen LogP contribution in [-0.2, 0) is 9.59 Å². The molecule has 0 spiro atoms. The summed E-state index contributed by atoms with van der Waals surface area (Å²) in [5.74, 6) is -0.973. The average molecular weight is 395 g/mol. The molecule has 3 heterocycles. The second-order valence-electron chi connectivity index (χ2n) is 6.69. The van der Waals surface area contributed by atoms with Crippen molar-refractivity contribution in [1.82, 2.24) is 14.8 Å². The molecule has 0 aromatic carbocycles. The molecule has 0 saturated carbocycles. The van der Waals surface area contributed by atoms with Gasteiger partial charge in [0, 0.05) is 25.5 Å². The molecule has 3 rings (SSSR count). The van der Waals surface area contributed by atoms with Gasteiger partial charge in [-0.2, -0.15) is 0 Å². The number of carbonyl (C=O) groups is 2. The molecule has 0 saturated heterocycles. The molecule has 0 aliphatic carbocycles. The van der Waals surface area contributed by atoms with Crippen LogP contribution >= 0.6 is 0 Å². The third-order valence-corrected chi connectivity index (χ3v) is 5.06. The Kier molecular flexibility index (Phi) is 6.61.